The normalized spacial score (nSPS) is 13.8. The molecule has 1 amide bonds. The van der Waals surface area contributed by atoms with Gasteiger partial charge < -0.3 is 15.4 Å². The molecule has 0 spiro atoms. The third-order valence-electron chi connectivity index (χ3n) is 5.59. The molecule has 0 radical (unpaired) electrons. The number of ketones is 1. The molecule has 1 aromatic carbocycles. The van der Waals surface area contributed by atoms with Crippen molar-refractivity contribution in [2.45, 2.75) is 46.5 Å². The van der Waals surface area contributed by atoms with Gasteiger partial charge in [0.15, 0.2) is 0 Å². The maximum atomic E-state index is 15.0. The number of nitrogens with zero attached hydrogens (tertiary/aromatic N) is 3. The fraction of sp³-hybridized carbons (Fsp3) is 0.458. The standard InChI is InChI=1S/C23H28FN5O3.CH4/c1-15(30)29-9-7-16(8-10-29)14-32-23-27-12-18(13-28-23)20-4-2-3-17(22(20)24)5-6-19(31)11-21(25)26;/h2-4,12-13,16H,5-11,14H2,1H3,(H3,25,26);1H4. The average molecular weight is 458 g/mol. The van der Waals surface area contributed by atoms with Gasteiger partial charge in [-0.15, -0.1) is 0 Å². The van der Waals surface area contributed by atoms with E-state index in [2.05, 4.69) is 9.97 Å². The van der Waals surface area contributed by atoms with E-state index in [-0.39, 0.29) is 50.2 Å². The van der Waals surface area contributed by atoms with E-state index in [0.29, 0.717) is 29.2 Å². The molecule has 9 heteroatoms. The van der Waals surface area contributed by atoms with Crippen molar-refractivity contribution >= 4 is 17.5 Å². The predicted molar refractivity (Wildman–Crippen MR) is 124 cm³/mol. The van der Waals surface area contributed by atoms with Crippen LogP contribution in [0.5, 0.6) is 6.01 Å². The number of rotatable bonds is 9. The Hall–Kier alpha value is -3.36. The number of benzene rings is 1. The van der Waals surface area contributed by atoms with Crippen molar-refractivity contribution in [3.8, 4) is 17.1 Å². The number of amides is 1. The summed E-state index contributed by atoms with van der Waals surface area (Å²) in [5.41, 5.74) is 6.52. The quantitative estimate of drug-likeness (QED) is 0.440. The van der Waals surface area contributed by atoms with Crippen LogP contribution in [0.3, 0.4) is 0 Å². The number of hydrogen-bond acceptors (Lipinski definition) is 6. The first-order valence-electron chi connectivity index (χ1n) is 10.7. The summed E-state index contributed by atoms with van der Waals surface area (Å²) in [5, 5.41) is 7.17. The molecule has 0 unspecified atom stereocenters. The van der Waals surface area contributed by atoms with Crippen molar-refractivity contribution in [3.63, 3.8) is 0 Å². The molecule has 1 aromatic heterocycles. The molecule has 1 aliphatic heterocycles. The van der Waals surface area contributed by atoms with Gasteiger partial charge in [0.05, 0.1) is 18.9 Å². The molecule has 1 aliphatic rings. The summed E-state index contributed by atoms with van der Waals surface area (Å²) in [6, 6.07) is 5.23. The number of halogens is 1. The number of piperidine rings is 1. The van der Waals surface area contributed by atoms with E-state index in [1.807, 2.05) is 4.90 Å². The number of likely N-dealkylation sites (tertiary alicyclic amines) is 1. The van der Waals surface area contributed by atoms with Gasteiger partial charge in [-0.05, 0) is 30.7 Å². The van der Waals surface area contributed by atoms with Gasteiger partial charge in [-0.1, -0.05) is 25.6 Å². The lowest BCUT2D eigenvalue weighted by Crippen LogP contribution is -2.38. The number of aromatic nitrogens is 2. The minimum atomic E-state index is -0.419. The topological polar surface area (TPSA) is 122 Å². The number of aryl methyl sites for hydroxylation is 1. The molecule has 2 heterocycles. The second-order valence-electron chi connectivity index (χ2n) is 8.03. The Bertz CT molecular complexity index is 973. The average Bonchev–Trinajstić information content (AvgIpc) is 2.77. The minimum Gasteiger partial charge on any atom is -0.463 e. The SMILES string of the molecule is C.CC(=O)N1CCC(COc2ncc(-c3cccc(CCC(=O)CC(=N)N)c3F)cn2)CC1. The molecule has 1 fully saturated rings. The van der Waals surface area contributed by atoms with Crippen molar-refractivity contribution < 1.29 is 18.7 Å². The highest BCUT2D eigenvalue weighted by molar-refractivity contribution is 5.98. The number of amidine groups is 1. The van der Waals surface area contributed by atoms with Crippen LogP contribution in [0.1, 0.15) is 45.6 Å². The third kappa shape index (κ3) is 7.34. The van der Waals surface area contributed by atoms with Gasteiger partial charge in [-0.2, -0.15) is 0 Å². The number of nitrogens with two attached hydrogens (primary N) is 1. The van der Waals surface area contributed by atoms with Gasteiger partial charge in [0.1, 0.15) is 11.6 Å². The van der Waals surface area contributed by atoms with E-state index in [9.17, 15) is 14.0 Å². The van der Waals surface area contributed by atoms with Crippen LogP contribution in [0.4, 0.5) is 4.39 Å². The van der Waals surface area contributed by atoms with E-state index < -0.39 is 5.82 Å². The van der Waals surface area contributed by atoms with Crippen LogP contribution in [-0.4, -0.2) is 52.1 Å². The predicted octanol–water partition coefficient (Wildman–Crippen LogP) is 3.38. The Morgan fingerprint density at radius 1 is 1.24 bits per heavy atom. The van der Waals surface area contributed by atoms with Gasteiger partial charge >= 0.3 is 6.01 Å². The van der Waals surface area contributed by atoms with Crippen molar-refractivity contribution in [1.29, 1.82) is 5.41 Å². The number of Topliss-reactive ketones (excluding diaryl/α,β-unsaturated/α-hetero) is 1. The number of carbonyl (C=O) groups excluding carboxylic acids is 2. The molecular formula is C24H32FN5O3. The lowest BCUT2D eigenvalue weighted by Gasteiger charge is -2.30. The summed E-state index contributed by atoms with van der Waals surface area (Å²) in [6.07, 6.45) is 5.03. The van der Waals surface area contributed by atoms with E-state index in [0.717, 1.165) is 25.9 Å². The molecule has 0 bridgehead atoms. The van der Waals surface area contributed by atoms with Crippen molar-refractivity contribution in [2.24, 2.45) is 11.7 Å². The first-order chi connectivity index (χ1) is 15.3. The summed E-state index contributed by atoms with van der Waals surface area (Å²) < 4.78 is 20.7. The zero-order chi connectivity index (χ0) is 23.1. The van der Waals surface area contributed by atoms with E-state index in [4.69, 9.17) is 15.9 Å². The Labute approximate surface area is 193 Å². The van der Waals surface area contributed by atoms with Crippen LogP contribution in [0.15, 0.2) is 30.6 Å². The molecule has 178 valence electrons. The molecule has 0 aliphatic carbocycles. The van der Waals surface area contributed by atoms with Crippen LogP contribution < -0.4 is 10.5 Å². The lowest BCUT2D eigenvalue weighted by molar-refractivity contribution is -0.130. The number of nitrogens with one attached hydrogen (secondary N) is 1. The zero-order valence-corrected chi connectivity index (χ0v) is 18.1. The van der Waals surface area contributed by atoms with Crippen LogP contribution >= 0.6 is 0 Å². The Balaban J connectivity index is 0.00000385. The number of hydrogen-bond donors (Lipinski definition) is 2. The third-order valence-corrected chi connectivity index (χ3v) is 5.59. The molecule has 8 nitrogen and oxygen atoms in total. The van der Waals surface area contributed by atoms with E-state index in [1.54, 1.807) is 25.1 Å². The summed E-state index contributed by atoms with van der Waals surface area (Å²) in [7, 11) is 0. The van der Waals surface area contributed by atoms with Gasteiger partial charge in [-0.25, -0.2) is 14.4 Å². The smallest absolute Gasteiger partial charge is 0.316 e. The highest BCUT2D eigenvalue weighted by Crippen LogP contribution is 2.26. The first-order valence-corrected chi connectivity index (χ1v) is 10.7. The molecule has 3 N–H and O–H groups in total. The van der Waals surface area contributed by atoms with Gasteiger partial charge in [-0.3, -0.25) is 15.0 Å². The summed E-state index contributed by atoms with van der Waals surface area (Å²) in [4.78, 5) is 33.4. The molecule has 2 aromatic rings. The maximum Gasteiger partial charge on any atom is 0.316 e. The monoisotopic (exact) mass is 457 g/mol. The molecule has 3 rings (SSSR count). The van der Waals surface area contributed by atoms with Crippen LogP contribution in [-0.2, 0) is 16.0 Å². The minimum absolute atomic E-state index is 0. The molecule has 0 saturated carbocycles. The van der Waals surface area contributed by atoms with Crippen molar-refractivity contribution in [1.82, 2.24) is 14.9 Å². The zero-order valence-electron chi connectivity index (χ0n) is 18.1. The molecule has 33 heavy (non-hydrogen) atoms. The second-order valence-corrected chi connectivity index (χ2v) is 8.03. The molecule has 0 atom stereocenters. The molecule has 1 saturated heterocycles. The lowest BCUT2D eigenvalue weighted by atomic mass is 9.98. The fourth-order valence-electron chi connectivity index (χ4n) is 3.71. The summed E-state index contributed by atoms with van der Waals surface area (Å²) >= 11 is 0. The van der Waals surface area contributed by atoms with Crippen LogP contribution in [0.25, 0.3) is 11.1 Å². The first kappa shape index (κ1) is 25.9. The molecular weight excluding hydrogens is 425 g/mol. The highest BCUT2D eigenvalue weighted by atomic mass is 19.1. The second kappa shape index (κ2) is 12.0. The van der Waals surface area contributed by atoms with E-state index in [1.165, 1.54) is 12.4 Å². The largest absolute Gasteiger partial charge is 0.463 e. The fourth-order valence-corrected chi connectivity index (χ4v) is 3.71. The Morgan fingerprint density at radius 2 is 1.91 bits per heavy atom. The number of ether oxygens (including phenoxy) is 1. The van der Waals surface area contributed by atoms with Gasteiger partial charge in [0.25, 0.3) is 0 Å². The summed E-state index contributed by atoms with van der Waals surface area (Å²) in [5.74, 6) is -0.363. The van der Waals surface area contributed by atoms with Crippen LogP contribution in [0, 0.1) is 17.1 Å². The van der Waals surface area contributed by atoms with E-state index >= 15 is 0 Å². The Morgan fingerprint density at radius 3 is 2.52 bits per heavy atom. The highest BCUT2D eigenvalue weighted by Gasteiger charge is 2.21. The number of carbonyl (C=O) groups is 2. The Kier molecular flexibility index (Phi) is 9.44. The summed E-state index contributed by atoms with van der Waals surface area (Å²) in [6.45, 7) is 3.53. The van der Waals surface area contributed by atoms with Gasteiger partial charge in [0, 0.05) is 50.0 Å². The maximum absolute atomic E-state index is 15.0. The van der Waals surface area contributed by atoms with Crippen LogP contribution in [0.2, 0.25) is 0 Å². The van der Waals surface area contributed by atoms with Gasteiger partial charge in [0.2, 0.25) is 5.91 Å². The van der Waals surface area contributed by atoms with Crippen molar-refractivity contribution in [2.75, 3.05) is 19.7 Å². The van der Waals surface area contributed by atoms with Crippen molar-refractivity contribution in [3.05, 3.63) is 42.0 Å².